The molecule has 61 valence electrons. The van der Waals surface area contributed by atoms with Crippen molar-refractivity contribution in [3.05, 3.63) is 0 Å². The van der Waals surface area contributed by atoms with Crippen LogP contribution in [0.3, 0.4) is 0 Å². The number of ether oxygens (including phenoxy) is 1. The molecule has 0 atom stereocenters. The number of hydrogen-bond donors (Lipinski definition) is 0. The summed E-state index contributed by atoms with van der Waals surface area (Å²) in [6.07, 6.45) is 0.924. The second-order valence-corrected chi connectivity index (χ2v) is 2.93. The number of Topliss-reactive ketones (excluding diaryl/α,β-unsaturated/α-hetero) is 1. The fourth-order valence-corrected chi connectivity index (χ4v) is 0.366. The Kier molecular flexibility index (Phi) is 2.92. The first-order chi connectivity index (χ1) is 4.87. The molecule has 4 heteroatoms. The van der Waals surface area contributed by atoms with Crippen LogP contribution >= 0.6 is 0 Å². The molecule has 0 aromatic rings. The first-order valence-electron chi connectivity index (χ1n) is 3.02. The average molecular weight is 157 g/mol. The van der Waals surface area contributed by atoms with Gasteiger partial charge in [-0.2, -0.15) is 0 Å². The Morgan fingerprint density at radius 2 is 1.73 bits per heavy atom. The minimum Gasteiger partial charge on any atom is -0.454 e. The van der Waals surface area contributed by atoms with E-state index >= 15 is 0 Å². The minimum absolute atomic E-state index is 0.746. The summed E-state index contributed by atoms with van der Waals surface area (Å²) in [5, 5.41) is 0. The lowest BCUT2D eigenvalue weighted by atomic mass is 10.2. The zero-order valence-electron chi connectivity index (χ0n) is 6.63. The lowest BCUT2D eigenvalue weighted by Gasteiger charge is -2.17. The van der Waals surface area contributed by atoms with Crippen LogP contribution in [0, 0.1) is 0 Å². The normalized spacial score (nSPS) is 10.5. The Hall–Kier alpha value is -1.19. The molecule has 11 heavy (non-hydrogen) atoms. The third-order valence-corrected chi connectivity index (χ3v) is 0.677. The van der Waals surface area contributed by atoms with E-state index in [9.17, 15) is 14.4 Å². The predicted molar refractivity (Wildman–Crippen MR) is 36.5 cm³/mol. The molecule has 0 aromatic heterocycles. The van der Waals surface area contributed by atoms with Gasteiger partial charge in [-0.15, -0.1) is 0 Å². The SMILES string of the molecule is CC(C)(C)OC(=O)C(=O)[C]=O. The molecule has 0 aliphatic carbocycles. The molecular formula is C7H9O4. The van der Waals surface area contributed by atoms with Crippen LogP contribution in [-0.2, 0) is 19.1 Å². The molecule has 0 fully saturated rings. The van der Waals surface area contributed by atoms with Gasteiger partial charge >= 0.3 is 11.8 Å². The van der Waals surface area contributed by atoms with Gasteiger partial charge in [-0.05, 0) is 20.8 Å². The molecule has 0 spiro atoms. The van der Waals surface area contributed by atoms with Gasteiger partial charge in [0, 0.05) is 0 Å². The van der Waals surface area contributed by atoms with Crippen molar-refractivity contribution in [2.24, 2.45) is 0 Å². The van der Waals surface area contributed by atoms with Crippen LogP contribution in [-0.4, -0.2) is 23.6 Å². The molecule has 0 saturated carbocycles. The van der Waals surface area contributed by atoms with Crippen LogP contribution in [0.1, 0.15) is 20.8 Å². The largest absolute Gasteiger partial charge is 0.454 e. The van der Waals surface area contributed by atoms with Crippen molar-refractivity contribution in [3.63, 3.8) is 0 Å². The fraction of sp³-hybridized carbons (Fsp3) is 0.571. The highest BCUT2D eigenvalue weighted by molar-refractivity contribution is 6.55. The quantitative estimate of drug-likeness (QED) is 0.322. The highest BCUT2D eigenvalue weighted by Gasteiger charge is 2.22. The summed E-state index contributed by atoms with van der Waals surface area (Å²) in [5.41, 5.74) is -0.746. The smallest absolute Gasteiger partial charge is 0.383 e. The van der Waals surface area contributed by atoms with Gasteiger partial charge in [-0.25, -0.2) is 4.79 Å². The van der Waals surface area contributed by atoms with Crippen molar-refractivity contribution in [1.82, 2.24) is 0 Å². The van der Waals surface area contributed by atoms with E-state index in [-0.39, 0.29) is 0 Å². The van der Waals surface area contributed by atoms with Crippen LogP contribution < -0.4 is 0 Å². The summed E-state index contributed by atoms with van der Waals surface area (Å²) >= 11 is 0. The van der Waals surface area contributed by atoms with E-state index in [2.05, 4.69) is 4.74 Å². The molecule has 0 saturated heterocycles. The monoisotopic (exact) mass is 157 g/mol. The number of rotatable bonds is 2. The Labute approximate surface area is 64.5 Å². The standard InChI is InChI=1S/C7H9O4/c1-7(2,3)11-6(10)5(9)4-8/h1-3H3. The van der Waals surface area contributed by atoms with Crippen molar-refractivity contribution in [2.75, 3.05) is 0 Å². The topological polar surface area (TPSA) is 60.4 Å². The van der Waals surface area contributed by atoms with E-state index in [4.69, 9.17) is 0 Å². The number of carbonyl (C=O) groups is 2. The van der Waals surface area contributed by atoms with Crippen LogP contribution in [0.25, 0.3) is 0 Å². The molecule has 0 rings (SSSR count). The summed E-state index contributed by atoms with van der Waals surface area (Å²) in [7, 11) is 0. The second-order valence-electron chi connectivity index (χ2n) is 2.93. The highest BCUT2D eigenvalue weighted by Crippen LogP contribution is 2.06. The van der Waals surface area contributed by atoms with E-state index in [1.807, 2.05) is 0 Å². The number of ketones is 1. The summed E-state index contributed by atoms with van der Waals surface area (Å²) in [6, 6.07) is 0. The molecule has 0 amide bonds. The van der Waals surface area contributed by atoms with Gasteiger partial charge in [-0.3, -0.25) is 9.59 Å². The average Bonchev–Trinajstić information content (AvgIpc) is 1.82. The summed E-state index contributed by atoms with van der Waals surface area (Å²) in [4.78, 5) is 30.5. The molecule has 0 unspecified atom stereocenters. The van der Waals surface area contributed by atoms with E-state index in [1.165, 1.54) is 0 Å². The van der Waals surface area contributed by atoms with E-state index in [0.29, 0.717) is 0 Å². The molecular weight excluding hydrogens is 148 g/mol. The van der Waals surface area contributed by atoms with Crippen molar-refractivity contribution in [3.8, 4) is 0 Å². The van der Waals surface area contributed by atoms with Crippen LogP contribution in [0.4, 0.5) is 0 Å². The number of carbonyl (C=O) groups excluding carboxylic acids is 3. The maximum atomic E-state index is 10.6. The van der Waals surface area contributed by atoms with Crippen molar-refractivity contribution in [2.45, 2.75) is 26.4 Å². The maximum Gasteiger partial charge on any atom is 0.383 e. The van der Waals surface area contributed by atoms with Crippen LogP contribution in [0.2, 0.25) is 0 Å². The minimum atomic E-state index is -1.28. The van der Waals surface area contributed by atoms with Gasteiger partial charge < -0.3 is 4.74 Å². The van der Waals surface area contributed by atoms with Crippen molar-refractivity contribution < 1.29 is 19.1 Å². The third kappa shape index (κ3) is 4.25. The number of hydrogen-bond acceptors (Lipinski definition) is 4. The van der Waals surface area contributed by atoms with Gasteiger partial charge in [0.05, 0.1) is 0 Å². The highest BCUT2D eigenvalue weighted by atomic mass is 16.6. The van der Waals surface area contributed by atoms with E-state index < -0.39 is 17.4 Å². The van der Waals surface area contributed by atoms with Crippen LogP contribution in [0.15, 0.2) is 0 Å². The van der Waals surface area contributed by atoms with Gasteiger partial charge in [0.15, 0.2) is 0 Å². The van der Waals surface area contributed by atoms with E-state index in [0.717, 1.165) is 6.29 Å². The maximum absolute atomic E-state index is 10.6. The summed E-state index contributed by atoms with van der Waals surface area (Å²) in [5.74, 6) is -2.44. The van der Waals surface area contributed by atoms with Crippen molar-refractivity contribution >= 4 is 18.0 Å². The Balaban J connectivity index is 4.09. The molecule has 0 aliphatic rings. The Bertz CT molecular complexity index is 187. The molecule has 0 N–H and O–H groups in total. The molecule has 1 radical (unpaired) electrons. The Morgan fingerprint density at radius 3 is 2.00 bits per heavy atom. The van der Waals surface area contributed by atoms with Gasteiger partial charge in [0.25, 0.3) is 6.29 Å². The number of esters is 1. The summed E-state index contributed by atoms with van der Waals surface area (Å²) < 4.78 is 4.54. The predicted octanol–water partition coefficient (Wildman–Crippen LogP) is 0.00690. The Morgan fingerprint density at radius 1 is 1.27 bits per heavy atom. The zero-order valence-corrected chi connectivity index (χ0v) is 6.63. The molecule has 0 aromatic carbocycles. The summed E-state index contributed by atoms with van der Waals surface area (Å²) in [6.45, 7) is 4.80. The van der Waals surface area contributed by atoms with Crippen molar-refractivity contribution in [1.29, 1.82) is 0 Å². The van der Waals surface area contributed by atoms with Gasteiger partial charge in [0.1, 0.15) is 5.60 Å². The fourth-order valence-electron chi connectivity index (χ4n) is 0.366. The molecule has 0 aliphatic heterocycles. The zero-order chi connectivity index (χ0) is 9.07. The molecule has 0 heterocycles. The van der Waals surface area contributed by atoms with Gasteiger partial charge in [-0.1, -0.05) is 0 Å². The second kappa shape index (κ2) is 3.27. The lowest BCUT2D eigenvalue weighted by Crippen LogP contribution is -2.29. The van der Waals surface area contributed by atoms with E-state index in [1.54, 1.807) is 20.8 Å². The first kappa shape index (κ1) is 9.81. The lowest BCUT2D eigenvalue weighted by molar-refractivity contribution is -0.159. The van der Waals surface area contributed by atoms with Gasteiger partial charge in [0.2, 0.25) is 0 Å². The van der Waals surface area contributed by atoms with Crippen LogP contribution in [0.5, 0.6) is 0 Å². The molecule has 0 bridgehead atoms. The third-order valence-electron chi connectivity index (χ3n) is 0.677. The first-order valence-corrected chi connectivity index (χ1v) is 3.02. The molecule has 4 nitrogen and oxygen atoms in total.